The number of rotatable bonds is 6. The van der Waals surface area contributed by atoms with Crippen molar-refractivity contribution < 1.29 is 14.2 Å². The number of benzene rings is 1. The molecule has 0 spiro atoms. The first-order valence-corrected chi connectivity index (χ1v) is 7.84. The van der Waals surface area contributed by atoms with E-state index >= 15 is 0 Å². The van der Waals surface area contributed by atoms with Crippen LogP contribution >= 0.6 is 11.6 Å². The van der Waals surface area contributed by atoms with Crippen molar-refractivity contribution in [3.63, 3.8) is 0 Å². The summed E-state index contributed by atoms with van der Waals surface area (Å²) in [5.41, 5.74) is -0.698. The van der Waals surface area contributed by atoms with Gasteiger partial charge in [-0.1, -0.05) is 25.4 Å². The van der Waals surface area contributed by atoms with Crippen LogP contribution < -0.4 is 9.47 Å². The summed E-state index contributed by atoms with van der Waals surface area (Å²) in [7, 11) is 0. The Morgan fingerprint density at radius 3 is 2.38 bits per heavy atom. The fourth-order valence-corrected chi connectivity index (χ4v) is 3.06. The van der Waals surface area contributed by atoms with Crippen molar-refractivity contribution in [1.29, 1.82) is 0 Å². The average Bonchev–Trinajstić information content (AvgIpc) is 2.77. The largest absolute Gasteiger partial charge is 0.445 e. The molecule has 1 heterocycles. The molecule has 0 saturated carbocycles. The Bertz CT molecular complexity index is 506. The molecule has 1 aromatic carbocycles. The summed E-state index contributed by atoms with van der Waals surface area (Å²) in [6.07, 6.45) is 0. The van der Waals surface area contributed by atoms with Gasteiger partial charge in [-0.15, -0.1) is 0 Å². The molecule has 1 aliphatic rings. The lowest BCUT2D eigenvalue weighted by Crippen LogP contribution is -2.66. The highest BCUT2D eigenvalue weighted by molar-refractivity contribution is 6.30. The average molecular weight is 314 g/mol. The fourth-order valence-electron chi connectivity index (χ4n) is 2.89. The minimum Gasteiger partial charge on any atom is -0.445 e. The van der Waals surface area contributed by atoms with Gasteiger partial charge < -0.3 is 14.2 Å². The van der Waals surface area contributed by atoms with Gasteiger partial charge in [-0.25, -0.2) is 0 Å². The second kappa shape index (κ2) is 6.03. The van der Waals surface area contributed by atoms with E-state index in [0.29, 0.717) is 23.1 Å². The van der Waals surface area contributed by atoms with Crippen molar-refractivity contribution in [2.75, 3.05) is 19.7 Å². The van der Waals surface area contributed by atoms with E-state index < -0.39 is 11.5 Å². The fraction of sp³-hybridized carbons (Fsp3) is 0.625. The summed E-state index contributed by atoms with van der Waals surface area (Å²) in [6.45, 7) is 12.4. The predicted molar refractivity (Wildman–Crippen MR) is 84.1 cm³/mol. The second-order valence-corrected chi connectivity index (χ2v) is 5.77. The van der Waals surface area contributed by atoms with Crippen molar-refractivity contribution in [2.24, 2.45) is 0 Å². The number of fused-ring (bicyclic) bond motifs is 1. The number of ether oxygens (including phenoxy) is 3. The third kappa shape index (κ3) is 2.72. The molecule has 0 aromatic heterocycles. The molecule has 4 nitrogen and oxygen atoms in total. The normalized spacial score (nSPS) is 23.4. The van der Waals surface area contributed by atoms with E-state index in [9.17, 15) is 0 Å². The lowest BCUT2D eigenvalue weighted by Gasteiger charge is -2.47. The molecule has 0 bridgehead atoms. The van der Waals surface area contributed by atoms with E-state index in [1.807, 2.05) is 26.8 Å². The van der Waals surface area contributed by atoms with E-state index in [1.165, 1.54) is 0 Å². The Labute approximate surface area is 131 Å². The molecule has 1 aromatic rings. The highest BCUT2D eigenvalue weighted by Gasteiger charge is 2.57. The zero-order valence-electron chi connectivity index (χ0n) is 13.4. The van der Waals surface area contributed by atoms with E-state index in [-0.39, 0.29) is 0 Å². The molecule has 0 saturated heterocycles. The minimum atomic E-state index is -0.929. The summed E-state index contributed by atoms with van der Waals surface area (Å²) in [4.78, 5) is 2.20. The number of likely N-dealkylation sites (N-methyl/N-ethyl adjacent to an activating group) is 1. The standard InChI is InChI=1S/C16H24ClNO3/c1-6-18(7-2)15(4,19-8-3)16(5)20-13-10-9-12(17)11-14(13)21-16/h9-11H,6-8H2,1-5H3. The van der Waals surface area contributed by atoms with Gasteiger partial charge in [-0.3, -0.25) is 4.90 Å². The molecule has 118 valence electrons. The molecular weight excluding hydrogens is 290 g/mol. The van der Waals surface area contributed by atoms with Gasteiger partial charge in [0.15, 0.2) is 17.2 Å². The van der Waals surface area contributed by atoms with Gasteiger partial charge in [-0.05, 0) is 39.1 Å². The van der Waals surface area contributed by atoms with Crippen LogP contribution in [0.1, 0.15) is 34.6 Å². The molecule has 1 aliphatic heterocycles. The van der Waals surface area contributed by atoms with Crippen LogP contribution in [0.5, 0.6) is 11.5 Å². The van der Waals surface area contributed by atoms with Crippen molar-refractivity contribution in [3.8, 4) is 11.5 Å². The monoisotopic (exact) mass is 313 g/mol. The maximum absolute atomic E-state index is 6.10. The lowest BCUT2D eigenvalue weighted by atomic mass is 10.0. The molecular formula is C16H24ClNO3. The van der Waals surface area contributed by atoms with E-state index in [2.05, 4.69) is 18.7 Å². The van der Waals surface area contributed by atoms with E-state index in [0.717, 1.165) is 13.1 Å². The Kier molecular flexibility index (Phi) is 4.71. The maximum Gasteiger partial charge on any atom is 0.291 e. The smallest absolute Gasteiger partial charge is 0.291 e. The summed E-state index contributed by atoms with van der Waals surface area (Å²) >= 11 is 6.03. The number of nitrogens with zero attached hydrogens (tertiary/aromatic N) is 1. The topological polar surface area (TPSA) is 30.9 Å². The summed E-state index contributed by atoms with van der Waals surface area (Å²) in [5.74, 6) is 0.422. The van der Waals surface area contributed by atoms with Gasteiger partial charge in [0.2, 0.25) is 0 Å². The zero-order chi connectivity index (χ0) is 15.7. The minimum absolute atomic E-state index is 0.576. The molecule has 0 amide bonds. The molecule has 0 fully saturated rings. The number of halogens is 1. The van der Waals surface area contributed by atoms with Crippen molar-refractivity contribution in [1.82, 2.24) is 4.90 Å². The van der Waals surface area contributed by atoms with Crippen molar-refractivity contribution >= 4 is 11.6 Å². The van der Waals surface area contributed by atoms with E-state index in [1.54, 1.807) is 12.1 Å². The highest BCUT2D eigenvalue weighted by Crippen LogP contribution is 2.46. The van der Waals surface area contributed by atoms with Crippen LogP contribution in [-0.2, 0) is 4.74 Å². The predicted octanol–water partition coefficient (Wildman–Crippen LogP) is 3.92. The summed E-state index contributed by atoms with van der Waals surface area (Å²) in [5, 5.41) is 0.627. The maximum atomic E-state index is 6.10. The molecule has 5 heteroatoms. The molecule has 0 N–H and O–H groups in total. The third-order valence-corrected chi connectivity index (χ3v) is 4.39. The molecule has 2 atom stereocenters. The Hall–Kier alpha value is -0.970. The molecule has 2 unspecified atom stereocenters. The number of hydrogen-bond donors (Lipinski definition) is 0. The van der Waals surface area contributed by atoms with Gasteiger partial charge in [0.25, 0.3) is 5.79 Å². The van der Waals surface area contributed by atoms with Gasteiger partial charge in [0.05, 0.1) is 0 Å². The van der Waals surface area contributed by atoms with Gasteiger partial charge in [-0.2, -0.15) is 0 Å². The van der Waals surface area contributed by atoms with Crippen LogP contribution in [0, 0.1) is 0 Å². The van der Waals surface area contributed by atoms with Crippen LogP contribution in [0.2, 0.25) is 5.02 Å². The first-order valence-electron chi connectivity index (χ1n) is 7.46. The van der Waals surface area contributed by atoms with Crippen molar-refractivity contribution in [2.45, 2.75) is 46.1 Å². The third-order valence-electron chi connectivity index (χ3n) is 4.15. The zero-order valence-corrected chi connectivity index (χ0v) is 14.2. The molecule has 21 heavy (non-hydrogen) atoms. The van der Waals surface area contributed by atoms with E-state index in [4.69, 9.17) is 25.8 Å². The van der Waals surface area contributed by atoms with Crippen molar-refractivity contribution in [3.05, 3.63) is 23.2 Å². The first kappa shape index (κ1) is 16.4. The number of hydrogen-bond acceptors (Lipinski definition) is 4. The van der Waals surface area contributed by atoms with Gasteiger partial charge >= 0.3 is 0 Å². The Morgan fingerprint density at radius 1 is 1.19 bits per heavy atom. The highest BCUT2D eigenvalue weighted by atomic mass is 35.5. The Balaban J connectivity index is 2.38. The van der Waals surface area contributed by atoms with Crippen LogP contribution in [0.15, 0.2) is 18.2 Å². The van der Waals surface area contributed by atoms with Gasteiger partial charge in [0, 0.05) is 24.6 Å². The quantitative estimate of drug-likeness (QED) is 0.745. The molecule has 0 radical (unpaired) electrons. The molecule has 2 rings (SSSR count). The van der Waals surface area contributed by atoms with Crippen LogP contribution in [0.4, 0.5) is 0 Å². The van der Waals surface area contributed by atoms with Crippen LogP contribution in [0.25, 0.3) is 0 Å². The lowest BCUT2D eigenvalue weighted by molar-refractivity contribution is -0.286. The second-order valence-electron chi connectivity index (χ2n) is 5.33. The Morgan fingerprint density at radius 2 is 1.81 bits per heavy atom. The first-order chi connectivity index (χ1) is 9.90. The van der Waals surface area contributed by atoms with Crippen LogP contribution in [0.3, 0.4) is 0 Å². The van der Waals surface area contributed by atoms with Gasteiger partial charge in [0.1, 0.15) is 0 Å². The molecule has 0 aliphatic carbocycles. The SMILES string of the molecule is CCOC(C)(N(CC)CC)C1(C)Oc2ccc(Cl)cc2O1. The summed E-state index contributed by atoms with van der Waals surface area (Å²) in [6, 6.07) is 5.40. The summed E-state index contributed by atoms with van der Waals surface area (Å²) < 4.78 is 18.3. The van der Waals surface area contributed by atoms with Crippen LogP contribution in [-0.4, -0.2) is 36.1 Å².